The lowest BCUT2D eigenvalue weighted by atomic mass is 9.70. The van der Waals surface area contributed by atoms with Gasteiger partial charge in [-0.25, -0.2) is 9.67 Å². The quantitative estimate of drug-likeness (QED) is 0.659. The van der Waals surface area contributed by atoms with Crippen molar-refractivity contribution in [3.63, 3.8) is 0 Å². The number of benzene rings is 1. The fourth-order valence-corrected chi connectivity index (χ4v) is 5.21. The summed E-state index contributed by atoms with van der Waals surface area (Å²) in [5.74, 6) is 1.17. The van der Waals surface area contributed by atoms with E-state index in [4.69, 9.17) is 0 Å². The molecule has 7 nitrogen and oxygen atoms in total. The van der Waals surface area contributed by atoms with Crippen molar-refractivity contribution in [3.8, 4) is 5.69 Å². The number of carbonyl (C=O) groups excluding carboxylic acids is 1. The molecule has 170 valence electrons. The largest absolute Gasteiger partial charge is 0.353 e. The first-order chi connectivity index (χ1) is 15.1. The Morgan fingerprint density at radius 1 is 1.19 bits per heavy atom. The number of aromatic nitrogens is 4. The molecule has 3 aromatic rings. The van der Waals surface area contributed by atoms with Crippen molar-refractivity contribution in [1.29, 1.82) is 0 Å². The van der Waals surface area contributed by atoms with Gasteiger partial charge in [0.15, 0.2) is 5.65 Å². The Hall–Kier alpha value is -2.96. The molecule has 4 rings (SSSR count). The van der Waals surface area contributed by atoms with Crippen molar-refractivity contribution in [3.05, 3.63) is 52.2 Å². The van der Waals surface area contributed by atoms with Crippen LogP contribution in [0.5, 0.6) is 0 Å². The van der Waals surface area contributed by atoms with Crippen LogP contribution in [0.2, 0.25) is 0 Å². The van der Waals surface area contributed by atoms with Crippen LogP contribution in [-0.2, 0) is 11.3 Å². The summed E-state index contributed by atoms with van der Waals surface area (Å²) < 4.78 is 3.27. The summed E-state index contributed by atoms with van der Waals surface area (Å²) in [7, 11) is 0. The van der Waals surface area contributed by atoms with Crippen LogP contribution in [0.3, 0.4) is 0 Å². The molecule has 0 spiro atoms. The van der Waals surface area contributed by atoms with Gasteiger partial charge in [0.05, 0.1) is 11.9 Å². The fraction of sp³-hybridized carbons (Fsp3) is 0.520. The summed E-state index contributed by atoms with van der Waals surface area (Å²) >= 11 is 0. The molecule has 0 saturated heterocycles. The Kier molecular flexibility index (Phi) is 5.93. The molecular formula is C25H33N5O2. The number of hydrogen-bond donors (Lipinski definition) is 1. The maximum absolute atomic E-state index is 13.1. The van der Waals surface area contributed by atoms with Crippen LogP contribution in [0.4, 0.5) is 0 Å². The first-order valence-corrected chi connectivity index (χ1v) is 11.4. The summed E-state index contributed by atoms with van der Waals surface area (Å²) in [5.41, 5.74) is 2.64. The summed E-state index contributed by atoms with van der Waals surface area (Å²) in [6.07, 6.45) is 5.01. The highest BCUT2D eigenvalue weighted by Crippen LogP contribution is 2.38. The van der Waals surface area contributed by atoms with E-state index in [0.29, 0.717) is 29.3 Å². The van der Waals surface area contributed by atoms with E-state index in [-0.39, 0.29) is 29.3 Å². The zero-order chi connectivity index (χ0) is 23.0. The van der Waals surface area contributed by atoms with Crippen LogP contribution in [0.1, 0.15) is 57.8 Å². The van der Waals surface area contributed by atoms with Gasteiger partial charge in [-0.3, -0.25) is 14.2 Å². The van der Waals surface area contributed by atoms with Gasteiger partial charge in [0.2, 0.25) is 5.91 Å². The molecule has 1 amide bonds. The first kappa shape index (κ1) is 22.2. The van der Waals surface area contributed by atoms with E-state index < -0.39 is 0 Å². The van der Waals surface area contributed by atoms with Crippen LogP contribution in [0, 0.1) is 25.2 Å². The summed E-state index contributed by atoms with van der Waals surface area (Å²) in [4.78, 5) is 30.4. The minimum absolute atomic E-state index is 0.0124. The number of nitrogens with zero attached hydrogens (tertiary/aromatic N) is 4. The highest BCUT2D eigenvalue weighted by Gasteiger charge is 2.32. The predicted molar refractivity (Wildman–Crippen MR) is 126 cm³/mol. The highest BCUT2D eigenvalue weighted by molar-refractivity contribution is 5.77. The number of hydrogen-bond acceptors (Lipinski definition) is 4. The molecule has 1 aliphatic rings. The maximum atomic E-state index is 13.1. The van der Waals surface area contributed by atoms with Crippen molar-refractivity contribution in [2.75, 3.05) is 0 Å². The van der Waals surface area contributed by atoms with E-state index in [2.05, 4.69) is 36.2 Å². The minimum atomic E-state index is -0.161. The first-order valence-electron chi connectivity index (χ1n) is 11.4. The normalized spacial score (nSPS) is 20.4. The predicted octanol–water partition coefficient (Wildman–Crippen LogP) is 3.92. The van der Waals surface area contributed by atoms with Crippen molar-refractivity contribution in [1.82, 2.24) is 24.6 Å². The number of amides is 1. The average molecular weight is 436 g/mol. The second-order valence-electron chi connectivity index (χ2n) is 10.2. The molecule has 7 heteroatoms. The Balaban J connectivity index is 1.50. The van der Waals surface area contributed by atoms with E-state index in [9.17, 15) is 9.59 Å². The zero-order valence-corrected chi connectivity index (χ0v) is 19.7. The van der Waals surface area contributed by atoms with Crippen molar-refractivity contribution in [2.45, 2.75) is 72.9 Å². The van der Waals surface area contributed by atoms with E-state index in [1.807, 2.05) is 31.2 Å². The van der Waals surface area contributed by atoms with E-state index in [0.717, 1.165) is 24.1 Å². The number of aryl methyl sites for hydroxylation is 2. The lowest BCUT2D eigenvalue weighted by molar-refractivity contribution is -0.122. The third-order valence-electron chi connectivity index (χ3n) is 6.47. The van der Waals surface area contributed by atoms with Crippen LogP contribution < -0.4 is 10.9 Å². The van der Waals surface area contributed by atoms with Gasteiger partial charge in [0.1, 0.15) is 11.2 Å². The topological polar surface area (TPSA) is 81.8 Å². The van der Waals surface area contributed by atoms with Crippen LogP contribution in [0.25, 0.3) is 16.7 Å². The molecule has 1 N–H and O–H groups in total. The van der Waals surface area contributed by atoms with Crippen molar-refractivity contribution < 1.29 is 4.79 Å². The van der Waals surface area contributed by atoms with Gasteiger partial charge in [-0.15, -0.1) is 0 Å². The van der Waals surface area contributed by atoms with Crippen LogP contribution >= 0.6 is 0 Å². The van der Waals surface area contributed by atoms with E-state index >= 15 is 0 Å². The lowest BCUT2D eigenvalue weighted by Gasteiger charge is -2.39. The Morgan fingerprint density at radius 3 is 2.59 bits per heavy atom. The molecule has 2 aromatic heterocycles. The maximum Gasteiger partial charge on any atom is 0.264 e. The van der Waals surface area contributed by atoms with Gasteiger partial charge >= 0.3 is 0 Å². The average Bonchev–Trinajstić information content (AvgIpc) is 3.10. The van der Waals surface area contributed by atoms with Gasteiger partial charge in [0, 0.05) is 19.0 Å². The molecule has 2 unspecified atom stereocenters. The molecule has 1 saturated carbocycles. The molecule has 1 aromatic carbocycles. The monoisotopic (exact) mass is 435 g/mol. The van der Waals surface area contributed by atoms with E-state index in [1.165, 1.54) is 6.42 Å². The molecule has 1 aliphatic carbocycles. The SMILES string of the molecule is Cc1ccc(-n2ncc3c(=O)n(CCC(=O)NC4CC(C)CC(C)(C)C4)c(C)nc32)cc1. The molecule has 1 fully saturated rings. The third-order valence-corrected chi connectivity index (χ3v) is 6.47. The molecule has 2 heterocycles. The van der Waals surface area contributed by atoms with Crippen LogP contribution in [0.15, 0.2) is 35.3 Å². The Labute approximate surface area is 188 Å². The standard InChI is InChI=1S/C25H33N5O2/c1-16-6-8-20(9-7-16)30-23-21(15-26-30)24(32)29(18(3)27-23)11-10-22(31)28-19-12-17(2)13-25(4,5)14-19/h6-9,15,17,19H,10-14H2,1-5H3,(H,28,31). The van der Waals surface area contributed by atoms with Crippen molar-refractivity contribution >= 4 is 16.9 Å². The van der Waals surface area contributed by atoms with Gasteiger partial charge in [-0.05, 0) is 56.6 Å². The summed E-state index contributed by atoms with van der Waals surface area (Å²) in [6.45, 7) is 10.9. The summed E-state index contributed by atoms with van der Waals surface area (Å²) in [6, 6.07) is 8.13. The molecule has 0 radical (unpaired) electrons. The zero-order valence-electron chi connectivity index (χ0n) is 19.7. The lowest BCUT2D eigenvalue weighted by Crippen LogP contribution is -2.43. The van der Waals surface area contributed by atoms with E-state index in [1.54, 1.807) is 22.4 Å². The van der Waals surface area contributed by atoms with Crippen LogP contribution in [-0.4, -0.2) is 31.3 Å². The minimum Gasteiger partial charge on any atom is -0.353 e. The second-order valence-corrected chi connectivity index (χ2v) is 10.2. The van der Waals surface area contributed by atoms with Crippen molar-refractivity contribution in [2.24, 2.45) is 11.3 Å². The fourth-order valence-electron chi connectivity index (χ4n) is 5.21. The Morgan fingerprint density at radius 2 is 1.91 bits per heavy atom. The number of nitrogens with one attached hydrogen (secondary N) is 1. The molecule has 0 bridgehead atoms. The van der Waals surface area contributed by atoms with Gasteiger partial charge in [-0.1, -0.05) is 38.5 Å². The number of rotatable bonds is 5. The molecule has 2 atom stereocenters. The van der Waals surface area contributed by atoms with Gasteiger partial charge in [-0.2, -0.15) is 5.10 Å². The smallest absolute Gasteiger partial charge is 0.264 e. The van der Waals surface area contributed by atoms with Gasteiger partial charge < -0.3 is 5.32 Å². The molecule has 32 heavy (non-hydrogen) atoms. The second kappa shape index (κ2) is 8.52. The van der Waals surface area contributed by atoms with Gasteiger partial charge in [0.25, 0.3) is 5.56 Å². The number of carbonyl (C=O) groups is 1. The molecule has 0 aliphatic heterocycles. The third kappa shape index (κ3) is 4.61. The number of fused-ring (bicyclic) bond motifs is 1. The Bertz CT molecular complexity index is 1190. The summed E-state index contributed by atoms with van der Waals surface area (Å²) in [5, 5.41) is 8.04. The highest BCUT2D eigenvalue weighted by atomic mass is 16.2. The molecular weight excluding hydrogens is 402 g/mol.